The quantitative estimate of drug-likeness (QED) is 0.586. The molecule has 0 unspecified atom stereocenters. The number of nitrogens with zero attached hydrogens (tertiary/aromatic N) is 1. The number of para-hydroxylation sites is 1. The average Bonchev–Trinajstić information content (AvgIpc) is 2.60. The van der Waals surface area contributed by atoms with E-state index in [4.69, 9.17) is 9.84 Å². The van der Waals surface area contributed by atoms with Crippen LogP contribution in [0.2, 0.25) is 0 Å². The number of benzene rings is 1. The molecule has 1 aliphatic heterocycles. The minimum atomic E-state index is -0.515. The molecule has 0 spiro atoms. The lowest BCUT2D eigenvalue weighted by molar-refractivity contribution is -0.114. The highest BCUT2D eigenvalue weighted by Crippen LogP contribution is 2.27. The van der Waals surface area contributed by atoms with E-state index in [9.17, 15) is 9.59 Å². The van der Waals surface area contributed by atoms with Crippen LogP contribution in [0, 0.1) is 0 Å². The number of fused-ring (bicyclic) bond motifs is 1. The first kappa shape index (κ1) is 11.8. The van der Waals surface area contributed by atoms with Gasteiger partial charge in [-0.05, 0) is 12.1 Å². The largest absolute Gasteiger partial charge is 0.394 e. The van der Waals surface area contributed by atoms with Crippen molar-refractivity contribution in [2.24, 2.45) is 0 Å². The van der Waals surface area contributed by atoms with E-state index >= 15 is 0 Å². The van der Waals surface area contributed by atoms with Gasteiger partial charge in [0.15, 0.2) is 0 Å². The Bertz CT molecular complexity index is 444. The van der Waals surface area contributed by atoms with Gasteiger partial charge in [0.25, 0.3) is 11.7 Å². The van der Waals surface area contributed by atoms with Gasteiger partial charge in [-0.3, -0.25) is 9.59 Å². The highest BCUT2D eigenvalue weighted by Gasteiger charge is 2.34. The molecule has 1 N–H and O–H groups in total. The molecule has 0 aromatic heterocycles. The van der Waals surface area contributed by atoms with Gasteiger partial charge in [-0.2, -0.15) is 0 Å². The molecule has 0 aliphatic carbocycles. The van der Waals surface area contributed by atoms with Crippen molar-refractivity contribution in [2.45, 2.75) is 0 Å². The van der Waals surface area contributed by atoms with Crippen LogP contribution in [0.15, 0.2) is 24.3 Å². The highest BCUT2D eigenvalue weighted by molar-refractivity contribution is 6.52. The van der Waals surface area contributed by atoms with E-state index < -0.39 is 11.7 Å². The minimum absolute atomic E-state index is 0.0521. The van der Waals surface area contributed by atoms with E-state index in [1.807, 2.05) is 0 Å². The maximum absolute atomic E-state index is 11.7. The normalized spacial score (nSPS) is 14.3. The number of ketones is 1. The molecule has 1 amide bonds. The summed E-state index contributed by atoms with van der Waals surface area (Å²) in [7, 11) is 0. The number of aliphatic hydroxyl groups excluding tert-OH is 1. The fraction of sp³-hybridized carbons (Fsp3) is 0.333. The smallest absolute Gasteiger partial charge is 0.299 e. The van der Waals surface area contributed by atoms with Crippen molar-refractivity contribution in [1.82, 2.24) is 0 Å². The van der Waals surface area contributed by atoms with Crippen LogP contribution < -0.4 is 4.90 Å². The fourth-order valence-corrected chi connectivity index (χ4v) is 1.79. The molecule has 0 saturated carbocycles. The Labute approximate surface area is 98.6 Å². The van der Waals surface area contributed by atoms with Crippen molar-refractivity contribution >= 4 is 17.4 Å². The molecule has 0 radical (unpaired) electrons. The standard InChI is InChI=1S/C12H13NO4/c14-6-8-17-7-5-13-10-4-2-1-3-9(10)11(15)12(13)16/h1-4,14H,5-8H2. The van der Waals surface area contributed by atoms with Crippen LogP contribution in [0.4, 0.5) is 5.69 Å². The molecule has 2 rings (SSSR count). The topological polar surface area (TPSA) is 66.8 Å². The van der Waals surface area contributed by atoms with Crippen LogP contribution in [-0.4, -0.2) is 43.2 Å². The van der Waals surface area contributed by atoms with Crippen molar-refractivity contribution in [2.75, 3.05) is 31.3 Å². The molecule has 1 aromatic carbocycles. The number of carbonyl (C=O) groups is 2. The summed E-state index contributed by atoms with van der Waals surface area (Å²) in [6.45, 7) is 0.802. The number of carbonyl (C=O) groups excluding carboxylic acids is 2. The third-order valence-electron chi connectivity index (χ3n) is 2.57. The second kappa shape index (κ2) is 5.07. The van der Waals surface area contributed by atoms with Crippen LogP contribution in [0.25, 0.3) is 0 Å². The molecule has 0 atom stereocenters. The third-order valence-corrected chi connectivity index (χ3v) is 2.57. The van der Waals surface area contributed by atoms with Gasteiger partial charge < -0.3 is 14.7 Å². The zero-order chi connectivity index (χ0) is 12.3. The molecule has 5 nitrogen and oxygen atoms in total. The predicted molar refractivity (Wildman–Crippen MR) is 61.0 cm³/mol. The van der Waals surface area contributed by atoms with Crippen LogP contribution in [0.5, 0.6) is 0 Å². The van der Waals surface area contributed by atoms with Crippen molar-refractivity contribution < 1.29 is 19.4 Å². The Morgan fingerprint density at radius 3 is 2.71 bits per heavy atom. The molecule has 1 aromatic rings. The van der Waals surface area contributed by atoms with Gasteiger partial charge in [0.2, 0.25) is 0 Å². The number of hydrogen-bond acceptors (Lipinski definition) is 4. The molecule has 1 heterocycles. The lowest BCUT2D eigenvalue weighted by Gasteiger charge is -2.15. The summed E-state index contributed by atoms with van der Waals surface area (Å²) in [5.41, 5.74) is 1.08. The summed E-state index contributed by atoms with van der Waals surface area (Å²) in [5.74, 6) is -0.985. The van der Waals surface area contributed by atoms with Crippen molar-refractivity contribution in [3.8, 4) is 0 Å². The fourth-order valence-electron chi connectivity index (χ4n) is 1.79. The Balaban J connectivity index is 2.08. The van der Waals surface area contributed by atoms with E-state index in [0.29, 0.717) is 24.4 Å². The van der Waals surface area contributed by atoms with Crippen molar-refractivity contribution in [3.05, 3.63) is 29.8 Å². The molecular formula is C12H13NO4. The summed E-state index contributed by atoms with van der Waals surface area (Å²) < 4.78 is 5.09. The van der Waals surface area contributed by atoms with Gasteiger partial charge in [0.05, 0.1) is 31.1 Å². The summed E-state index contributed by atoms with van der Waals surface area (Å²) >= 11 is 0. The molecular weight excluding hydrogens is 222 g/mol. The van der Waals surface area contributed by atoms with E-state index in [2.05, 4.69) is 0 Å². The van der Waals surface area contributed by atoms with E-state index in [-0.39, 0.29) is 13.2 Å². The van der Waals surface area contributed by atoms with Crippen LogP contribution in [0.1, 0.15) is 10.4 Å². The van der Waals surface area contributed by atoms with Gasteiger partial charge in [0.1, 0.15) is 0 Å². The number of ether oxygens (including phenoxy) is 1. The van der Waals surface area contributed by atoms with Gasteiger partial charge in [-0.1, -0.05) is 12.1 Å². The highest BCUT2D eigenvalue weighted by atomic mass is 16.5. The number of hydrogen-bond donors (Lipinski definition) is 1. The predicted octanol–water partition coefficient (Wildman–Crippen LogP) is 0.225. The Morgan fingerprint density at radius 1 is 1.18 bits per heavy atom. The van der Waals surface area contributed by atoms with Crippen LogP contribution in [0.3, 0.4) is 0 Å². The molecule has 17 heavy (non-hydrogen) atoms. The second-order valence-electron chi connectivity index (χ2n) is 3.64. The van der Waals surface area contributed by atoms with Crippen molar-refractivity contribution in [1.29, 1.82) is 0 Å². The first-order chi connectivity index (χ1) is 8.25. The monoisotopic (exact) mass is 235 g/mol. The summed E-state index contributed by atoms with van der Waals surface area (Å²) in [6.07, 6.45) is 0. The lowest BCUT2D eigenvalue weighted by Crippen LogP contribution is -2.33. The first-order valence-electron chi connectivity index (χ1n) is 5.39. The zero-order valence-corrected chi connectivity index (χ0v) is 9.26. The average molecular weight is 235 g/mol. The number of anilines is 1. The molecule has 90 valence electrons. The van der Waals surface area contributed by atoms with Gasteiger partial charge in [-0.15, -0.1) is 0 Å². The van der Waals surface area contributed by atoms with Gasteiger partial charge in [0, 0.05) is 6.54 Å². The summed E-state index contributed by atoms with van der Waals surface area (Å²) in [5, 5.41) is 8.55. The molecule has 5 heteroatoms. The van der Waals surface area contributed by atoms with Crippen LogP contribution >= 0.6 is 0 Å². The van der Waals surface area contributed by atoms with Crippen LogP contribution in [-0.2, 0) is 9.53 Å². The molecule has 1 aliphatic rings. The van der Waals surface area contributed by atoms with E-state index in [1.54, 1.807) is 24.3 Å². The Kier molecular flexibility index (Phi) is 3.51. The minimum Gasteiger partial charge on any atom is -0.394 e. The SMILES string of the molecule is O=C1C(=O)N(CCOCCO)c2ccccc21. The number of rotatable bonds is 5. The zero-order valence-electron chi connectivity index (χ0n) is 9.26. The Hall–Kier alpha value is -1.72. The summed E-state index contributed by atoms with van der Waals surface area (Å²) in [4.78, 5) is 24.7. The van der Waals surface area contributed by atoms with E-state index in [1.165, 1.54) is 4.90 Å². The molecule has 0 bridgehead atoms. The Morgan fingerprint density at radius 2 is 1.94 bits per heavy atom. The van der Waals surface area contributed by atoms with E-state index in [0.717, 1.165) is 0 Å². The number of amides is 1. The summed E-state index contributed by atoms with van der Waals surface area (Å²) in [6, 6.07) is 6.90. The number of Topliss-reactive ketones (excluding diaryl/α,β-unsaturated/α-hetero) is 1. The second-order valence-corrected chi connectivity index (χ2v) is 3.64. The van der Waals surface area contributed by atoms with Crippen molar-refractivity contribution in [3.63, 3.8) is 0 Å². The first-order valence-corrected chi connectivity index (χ1v) is 5.39. The maximum atomic E-state index is 11.7. The number of aliphatic hydroxyl groups is 1. The molecule has 0 fully saturated rings. The molecule has 0 saturated heterocycles. The third kappa shape index (κ3) is 2.20. The maximum Gasteiger partial charge on any atom is 0.299 e. The lowest BCUT2D eigenvalue weighted by atomic mass is 10.1. The van der Waals surface area contributed by atoms with Gasteiger partial charge in [-0.25, -0.2) is 0 Å². The van der Waals surface area contributed by atoms with Gasteiger partial charge >= 0.3 is 0 Å².